The van der Waals surface area contributed by atoms with Crippen molar-refractivity contribution in [1.82, 2.24) is 14.7 Å². The first-order chi connectivity index (χ1) is 19.2. The highest BCUT2D eigenvalue weighted by Gasteiger charge is 2.51. The molecule has 2 bridgehead atoms. The van der Waals surface area contributed by atoms with Crippen LogP contribution < -0.4 is 0 Å². The standard InChI is InChI=1S/C30H34Cl3N3O5/c1-19(37)35-17-22-16-24(21-10-12-23(38)13-11-21)26(27(39)34(4)15-14-20-8-6-5-7-9-20)25(18-35)36(22)28(40)41-29(2,3)30(31,32)33/h5-13,22,25,38H,14-18H2,1-4H3. The molecule has 1 N–H and O–H groups in total. The number of likely N-dealkylation sites (N-methyl/N-ethyl adjacent to an activating group) is 1. The molecule has 2 aliphatic rings. The van der Waals surface area contributed by atoms with Crippen LogP contribution in [0.3, 0.4) is 0 Å². The maximum absolute atomic E-state index is 14.2. The van der Waals surface area contributed by atoms with E-state index in [0.717, 1.165) is 16.7 Å². The summed E-state index contributed by atoms with van der Waals surface area (Å²) in [5, 5.41) is 9.91. The van der Waals surface area contributed by atoms with Gasteiger partial charge >= 0.3 is 6.09 Å². The van der Waals surface area contributed by atoms with Gasteiger partial charge in [-0.15, -0.1) is 0 Å². The molecule has 2 aliphatic heterocycles. The monoisotopic (exact) mass is 621 g/mol. The zero-order valence-corrected chi connectivity index (χ0v) is 25.7. The molecule has 1 saturated heterocycles. The van der Waals surface area contributed by atoms with Gasteiger partial charge in [-0.2, -0.15) is 0 Å². The van der Waals surface area contributed by atoms with E-state index in [0.29, 0.717) is 18.5 Å². The molecule has 0 saturated carbocycles. The highest BCUT2D eigenvalue weighted by Crippen LogP contribution is 2.43. The van der Waals surface area contributed by atoms with E-state index < -0.39 is 27.6 Å². The predicted octanol–water partition coefficient (Wildman–Crippen LogP) is 5.44. The molecule has 0 radical (unpaired) electrons. The van der Waals surface area contributed by atoms with Crippen molar-refractivity contribution in [3.05, 3.63) is 71.3 Å². The number of aromatic hydroxyl groups is 1. The molecule has 0 spiro atoms. The van der Waals surface area contributed by atoms with Crippen molar-refractivity contribution in [2.24, 2.45) is 0 Å². The minimum absolute atomic E-state index is 0.0973. The topological polar surface area (TPSA) is 90.4 Å². The third kappa shape index (κ3) is 6.76. The first kappa shape index (κ1) is 31.0. The lowest BCUT2D eigenvalue weighted by Crippen LogP contribution is -2.65. The summed E-state index contributed by atoms with van der Waals surface area (Å²) >= 11 is 18.3. The molecule has 4 rings (SSSR count). The van der Waals surface area contributed by atoms with Crippen LogP contribution in [0.4, 0.5) is 4.79 Å². The molecular formula is C30H34Cl3N3O5. The van der Waals surface area contributed by atoms with Gasteiger partial charge in [-0.1, -0.05) is 77.3 Å². The van der Waals surface area contributed by atoms with E-state index in [4.69, 9.17) is 39.5 Å². The summed E-state index contributed by atoms with van der Waals surface area (Å²) in [4.78, 5) is 45.3. The number of nitrogens with zero attached hydrogens (tertiary/aromatic N) is 3. The quantitative estimate of drug-likeness (QED) is 0.434. The number of ether oxygens (including phenoxy) is 1. The Hall–Kier alpha value is -2.94. The molecule has 11 heteroatoms. The van der Waals surface area contributed by atoms with E-state index in [1.165, 1.54) is 25.7 Å². The Labute approximate surface area is 255 Å². The summed E-state index contributed by atoms with van der Waals surface area (Å²) in [5.74, 6) is -0.330. The number of halogens is 3. The van der Waals surface area contributed by atoms with Crippen LogP contribution in [0.2, 0.25) is 0 Å². The van der Waals surface area contributed by atoms with Gasteiger partial charge in [0.05, 0.1) is 12.1 Å². The predicted molar refractivity (Wildman–Crippen MR) is 160 cm³/mol. The summed E-state index contributed by atoms with van der Waals surface area (Å²) < 4.78 is 3.83. The SMILES string of the molecule is CC(=O)N1CC2CC(c3ccc(O)cc3)=C(C(=O)N(C)CCc3ccccc3)C(C1)N2C(=O)OC(C)(C)C(Cl)(Cl)Cl. The van der Waals surface area contributed by atoms with Crippen molar-refractivity contribution in [2.45, 2.75) is 55.1 Å². The number of alkyl halides is 3. The van der Waals surface area contributed by atoms with Crippen molar-refractivity contribution in [3.63, 3.8) is 0 Å². The Morgan fingerprint density at radius 1 is 1.02 bits per heavy atom. The number of rotatable bonds is 6. The van der Waals surface area contributed by atoms with Crippen molar-refractivity contribution < 1.29 is 24.2 Å². The number of piperazine rings is 1. The molecule has 0 aliphatic carbocycles. The van der Waals surface area contributed by atoms with Gasteiger partial charge in [0.25, 0.3) is 5.91 Å². The normalized spacial score (nSPS) is 19.2. The number of benzene rings is 2. The number of hydrogen-bond acceptors (Lipinski definition) is 5. The Balaban J connectivity index is 1.77. The van der Waals surface area contributed by atoms with Crippen LogP contribution in [0.1, 0.15) is 38.3 Å². The van der Waals surface area contributed by atoms with Gasteiger partial charge in [-0.25, -0.2) is 4.79 Å². The lowest BCUT2D eigenvalue weighted by molar-refractivity contribution is -0.135. The van der Waals surface area contributed by atoms with Crippen LogP contribution in [-0.4, -0.2) is 85.9 Å². The van der Waals surface area contributed by atoms with Crippen molar-refractivity contribution >= 4 is 58.3 Å². The van der Waals surface area contributed by atoms with Crippen LogP contribution in [0, 0.1) is 0 Å². The van der Waals surface area contributed by atoms with Crippen molar-refractivity contribution in [3.8, 4) is 5.75 Å². The maximum atomic E-state index is 14.2. The van der Waals surface area contributed by atoms with Gasteiger partial charge in [0.1, 0.15) is 5.75 Å². The second kappa shape index (κ2) is 12.1. The fourth-order valence-corrected chi connectivity index (χ4v) is 5.34. The molecule has 2 unspecified atom stereocenters. The molecule has 220 valence electrons. The number of carbonyl (C=O) groups is 3. The third-order valence-corrected chi connectivity index (χ3v) is 9.07. The second-order valence-corrected chi connectivity index (χ2v) is 13.3. The average Bonchev–Trinajstić information content (AvgIpc) is 2.90. The second-order valence-electron chi connectivity index (χ2n) is 11.0. The molecule has 8 nitrogen and oxygen atoms in total. The van der Waals surface area contributed by atoms with Crippen LogP contribution >= 0.6 is 34.8 Å². The molecule has 2 aromatic carbocycles. The fourth-order valence-electron chi connectivity index (χ4n) is 5.23. The lowest BCUT2D eigenvalue weighted by Gasteiger charge is -2.51. The van der Waals surface area contributed by atoms with Gasteiger partial charge < -0.3 is 19.6 Å². The first-order valence-corrected chi connectivity index (χ1v) is 14.5. The first-order valence-electron chi connectivity index (χ1n) is 13.3. The zero-order chi connectivity index (χ0) is 30.1. The Kier molecular flexibility index (Phi) is 9.16. The number of carbonyl (C=O) groups excluding carboxylic acids is 3. The molecule has 1 fully saturated rings. The summed E-state index contributed by atoms with van der Waals surface area (Å²) in [6.07, 6.45) is 0.185. The Morgan fingerprint density at radius 2 is 1.66 bits per heavy atom. The third-order valence-electron chi connectivity index (χ3n) is 7.70. The molecule has 2 heterocycles. The van der Waals surface area contributed by atoms with Gasteiger partial charge in [-0.3, -0.25) is 14.5 Å². The number of hydrogen-bond donors (Lipinski definition) is 1. The van der Waals surface area contributed by atoms with E-state index >= 15 is 0 Å². The van der Waals surface area contributed by atoms with Gasteiger partial charge in [0.15, 0.2) is 5.60 Å². The number of fused-ring (bicyclic) bond motifs is 2. The van der Waals surface area contributed by atoms with Gasteiger partial charge in [-0.05, 0) is 55.5 Å². The summed E-state index contributed by atoms with van der Waals surface area (Å²) in [5.41, 5.74) is 1.51. The van der Waals surface area contributed by atoms with E-state index in [1.807, 2.05) is 30.3 Å². The summed E-state index contributed by atoms with van der Waals surface area (Å²) in [6, 6.07) is 15.2. The van der Waals surface area contributed by atoms with Crippen LogP contribution in [0.15, 0.2) is 60.2 Å². The van der Waals surface area contributed by atoms with E-state index in [2.05, 4.69) is 0 Å². The Bertz CT molecular complexity index is 1330. The van der Waals surface area contributed by atoms with Crippen LogP contribution in [0.5, 0.6) is 5.75 Å². The molecule has 0 aromatic heterocycles. The molecule has 41 heavy (non-hydrogen) atoms. The highest BCUT2D eigenvalue weighted by molar-refractivity contribution is 6.68. The lowest BCUT2D eigenvalue weighted by atomic mass is 9.81. The summed E-state index contributed by atoms with van der Waals surface area (Å²) in [7, 11) is 1.72. The number of amides is 3. The minimum Gasteiger partial charge on any atom is -0.508 e. The smallest absolute Gasteiger partial charge is 0.411 e. The molecule has 3 amide bonds. The number of phenolic OH excluding ortho intramolecular Hbond substituents is 1. The zero-order valence-electron chi connectivity index (χ0n) is 23.4. The van der Waals surface area contributed by atoms with Crippen LogP contribution in [0.25, 0.3) is 5.57 Å². The molecule has 2 aromatic rings. The molecule has 2 atom stereocenters. The van der Waals surface area contributed by atoms with Crippen molar-refractivity contribution in [1.29, 1.82) is 0 Å². The minimum atomic E-state index is -1.90. The van der Waals surface area contributed by atoms with Crippen LogP contribution in [-0.2, 0) is 20.7 Å². The average molecular weight is 623 g/mol. The molecular weight excluding hydrogens is 589 g/mol. The fraction of sp³-hybridized carbons (Fsp3) is 0.433. The van der Waals surface area contributed by atoms with E-state index in [-0.39, 0.29) is 37.1 Å². The largest absolute Gasteiger partial charge is 0.508 e. The van der Waals surface area contributed by atoms with E-state index in [1.54, 1.807) is 41.1 Å². The highest BCUT2D eigenvalue weighted by atomic mass is 35.6. The van der Waals surface area contributed by atoms with E-state index in [9.17, 15) is 19.5 Å². The van der Waals surface area contributed by atoms with Gasteiger partial charge in [0, 0.05) is 39.2 Å². The summed E-state index contributed by atoms with van der Waals surface area (Å²) in [6.45, 7) is 5.26. The van der Waals surface area contributed by atoms with Gasteiger partial charge in [0.2, 0.25) is 9.70 Å². The Morgan fingerprint density at radius 3 is 2.24 bits per heavy atom. The maximum Gasteiger partial charge on any atom is 0.411 e. The van der Waals surface area contributed by atoms with Crippen molar-refractivity contribution in [2.75, 3.05) is 26.7 Å². The number of phenols is 1.